The molecule has 1 spiro atoms. The van der Waals surface area contributed by atoms with Crippen LogP contribution in [0, 0.1) is 0 Å². The van der Waals surface area contributed by atoms with Crippen LogP contribution in [0.5, 0.6) is 11.5 Å². The van der Waals surface area contributed by atoms with Gasteiger partial charge < -0.3 is 9.64 Å². The van der Waals surface area contributed by atoms with Crippen LogP contribution in [0.4, 0.5) is 17.1 Å². The smallest absolute Gasteiger partial charge is 0.132 e. The number of fused-ring (bicyclic) bond motifs is 14. The van der Waals surface area contributed by atoms with Crippen LogP contribution in [-0.2, 0) is 11.8 Å². The van der Waals surface area contributed by atoms with E-state index in [9.17, 15) is 0 Å². The number of anilines is 3. The Morgan fingerprint density at radius 2 is 0.961 bits per heavy atom. The van der Waals surface area contributed by atoms with Crippen LogP contribution in [-0.4, -0.2) is 0 Å². The number of rotatable bonds is 9. The molecule has 3 heteroatoms. The molecule has 2 nitrogen and oxygen atoms in total. The molecule has 13 aromatic rings. The van der Waals surface area contributed by atoms with E-state index in [4.69, 9.17) is 4.74 Å². The Morgan fingerprint density at radius 1 is 0.395 bits per heavy atom. The van der Waals surface area contributed by atoms with Crippen molar-refractivity contribution in [1.29, 1.82) is 0 Å². The maximum absolute atomic E-state index is 6.91. The van der Waals surface area contributed by atoms with E-state index in [-0.39, 0.29) is 5.92 Å². The molecule has 1 unspecified atom stereocenters. The molecule has 1 aromatic heterocycles. The Morgan fingerprint density at radius 3 is 1.71 bits per heavy atom. The topological polar surface area (TPSA) is 12.5 Å². The first-order chi connectivity index (χ1) is 37.7. The van der Waals surface area contributed by atoms with Gasteiger partial charge in [0.05, 0.1) is 5.41 Å². The molecule has 2 aliphatic rings. The van der Waals surface area contributed by atoms with E-state index in [1.807, 2.05) is 11.3 Å². The van der Waals surface area contributed by atoms with Crippen LogP contribution in [0.1, 0.15) is 44.9 Å². The van der Waals surface area contributed by atoms with Crippen molar-refractivity contribution >= 4 is 59.3 Å². The SMILES string of the molecule is c1ccc(N(c2ccccc2)c2cccc(C(Cc3ccc(-c4cccc5c4C4(c6ccccc6O5)c5ccccc5-c5ccccc54)cc3)c3cccc(-c4cc5ccccc5c5sc6ccccc6c45)c3)c2)cc1. The molecule has 0 N–H and O–H groups in total. The van der Waals surface area contributed by atoms with Gasteiger partial charge in [-0.25, -0.2) is 0 Å². The van der Waals surface area contributed by atoms with Crippen LogP contribution in [0.15, 0.2) is 279 Å². The number of ether oxygens (including phenoxy) is 1. The second-order valence-electron chi connectivity index (χ2n) is 20.2. The summed E-state index contributed by atoms with van der Waals surface area (Å²) < 4.78 is 9.57. The highest BCUT2D eigenvalue weighted by molar-refractivity contribution is 7.26. The number of hydrogen-bond acceptors (Lipinski definition) is 3. The normalized spacial score (nSPS) is 13.2. The first kappa shape index (κ1) is 44.2. The molecule has 1 atom stereocenters. The van der Waals surface area contributed by atoms with Gasteiger partial charge in [-0.15, -0.1) is 11.3 Å². The molecule has 76 heavy (non-hydrogen) atoms. The lowest BCUT2D eigenvalue weighted by Crippen LogP contribution is -2.32. The van der Waals surface area contributed by atoms with E-state index in [0.29, 0.717) is 0 Å². The van der Waals surface area contributed by atoms with E-state index >= 15 is 0 Å². The molecule has 0 fully saturated rings. The summed E-state index contributed by atoms with van der Waals surface area (Å²) in [6, 6.07) is 103. The highest BCUT2D eigenvalue weighted by Crippen LogP contribution is 2.63. The van der Waals surface area contributed by atoms with Gasteiger partial charge in [-0.2, -0.15) is 0 Å². The van der Waals surface area contributed by atoms with Crippen LogP contribution in [0.3, 0.4) is 0 Å². The van der Waals surface area contributed by atoms with Crippen LogP contribution >= 0.6 is 11.3 Å². The third kappa shape index (κ3) is 7.00. The Kier molecular flexibility index (Phi) is 10.5. The Labute approximate surface area is 447 Å². The third-order valence-corrected chi connectivity index (χ3v) is 17.3. The van der Waals surface area contributed by atoms with Crippen molar-refractivity contribution in [2.45, 2.75) is 17.8 Å². The predicted octanol–water partition coefficient (Wildman–Crippen LogP) is 19.9. The minimum absolute atomic E-state index is 0.0264. The summed E-state index contributed by atoms with van der Waals surface area (Å²) in [6.45, 7) is 0. The van der Waals surface area contributed by atoms with Crippen molar-refractivity contribution < 1.29 is 4.74 Å². The van der Waals surface area contributed by atoms with Gasteiger partial charge >= 0.3 is 0 Å². The summed E-state index contributed by atoms with van der Waals surface area (Å²) in [4.78, 5) is 2.37. The Bertz CT molecular complexity index is 4280. The minimum Gasteiger partial charge on any atom is -0.457 e. The zero-order chi connectivity index (χ0) is 50.2. The van der Waals surface area contributed by atoms with Gasteiger partial charge in [0.2, 0.25) is 0 Å². The lowest BCUT2D eigenvalue weighted by molar-refractivity contribution is 0.437. The van der Waals surface area contributed by atoms with Crippen molar-refractivity contribution in [2.24, 2.45) is 0 Å². The summed E-state index contributed by atoms with van der Waals surface area (Å²) in [5.74, 6) is 1.82. The van der Waals surface area contributed by atoms with Crippen molar-refractivity contribution in [3.8, 4) is 44.9 Å². The maximum atomic E-state index is 6.91. The maximum Gasteiger partial charge on any atom is 0.132 e. The Balaban J connectivity index is 0.878. The third-order valence-electron chi connectivity index (χ3n) is 16.1. The molecule has 1 aliphatic carbocycles. The van der Waals surface area contributed by atoms with Crippen molar-refractivity contribution in [3.63, 3.8) is 0 Å². The fraction of sp³-hybridized carbons (Fsp3) is 0.0411. The molecular weight excluding hydrogens is 939 g/mol. The van der Waals surface area contributed by atoms with Crippen molar-refractivity contribution in [3.05, 3.63) is 318 Å². The number of nitrogens with zero attached hydrogens (tertiary/aromatic N) is 1. The first-order valence-electron chi connectivity index (χ1n) is 26.3. The largest absolute Gasteiger partial charge is 0.457 e. The van der Waals surface area contributed by atoms with E-state index < -0.39 is 5.41 Å². The number of hydrogen-bond donors (Lipinski definition) is 0. The number of thiophene rings is 1. The van der Waals surface area contributed by atoms with Gasteiger partial charge in [-0.05, 0) is 139 Å². The molecule has 2 heterocycles. The van der Waals surface area contributed by atoms with Crippen LogP contribution < -0.4 is 9.64 Å². The highest BCUT2D eigenvalue weighted by Gasteiger charge is 2.52. The second kappa shape index (κ2) is 18.0. The summed E-state index contributed by atoms with van der Waals surface area (Å²) in [7, 11) is 0. The fourth-order valence-electron chi connectivity index (χ4n) is 12.8. The number of benzene rings is 12. The summed E-state index contributed by atoms with van der Waals surface area (Å²) in [6.07, 6.45) is 0.798. The molecule has 0 radical (unpaired) electrons. The van der Waals surface area contributed by atoms with Crippen molar-refractivity contribution in [1.82, 2.24) is 0 Å². The summed E-state index contributed by atoms with van der Waals surface area (Å²) >= 11 is 1.90. The zero-order valence-corrected chi connectivity index (χ0v) is 42.4. The molecule has 12 aromatic carbocycles. The van der Waals surface area contributed by atoms with Gasteiger partial charge in [0.15, 0.2) is 0 Å². The Hall–Kier alpha value is -9.28. The predicted molar refractivity (Wildman–Crippen MR) is 318 cm³/mol. The van der Waals surface area contributed by atoms with Crippen molar-refractivity contribution in [2.75, 3.05) is 4.90 Å². The van der Waals surface area contributed by atoms with Gasteiger partial charge in [0, 0.05) is 54.3 Å². The monoisotopic (exact) mass is 987 g/mol. The van der Waals surface area contributed by atoms with E-state index in [1.54, 1.807) is 0 Å². The molecule has 0 saturated carbocycles. The van der Waals surface area contributed by atoms with E-state index in [0.717, 1.165) is 40.5 Å². The average molecular weight is 988 g/mol. The van der Waals surface area contributed by atoms with E-state index in [1.165, 1.54) is 97.7 Å². The molecule has 0 bridgehead atoms. The van der Waals surface area contributed by atoms with Gasteiger partial charge in [-0.3, -0.25) is 0 Å². The average Bonchev–Trinajstić information content (AvgIpc) is 4.24. The van der Waals surface area contributed by atoms with Crippen LogP contribution in [0.25, 0.3) is 64.3 Å². The molecule has 0 amide bonds. The van der Waals surface area contributed by atoms with Gasteiger partial charge in [0.25, 0.3) is 0 Å². The summed E-state index contributed by atoms with van der Waals surface area (Å²) in [5, 5.41) is 5.20. The zero-order valence-electron chi connectivity index (χ0n) is 41.6. The lowest BCUT2D eigenvalue weighted by atomic mass is 9.64. The first-order valence-corrected chi connectivity index (χ1v) is 27.1. The van der Waals surface area contributed by atoms with Gasteiger partial charge in [0.1, 0.15) is 11.5 Å². The minimum atomic E-state index is -0.562. The molecule has 0 saturated heterocycles. The molecular formula is C73H49NOS. The molecule has 358 valence electrons. The highest BCUT2D eigenvalue weighted by atomic mass is 32.1. The quantitative estimate of drug-likeness (QED) is 0.143. The fourth-order valence-corrected chi connectivity index (χ4v) is 14.1. The van der Waals surface area contributed by atoms with Gasteiger partial charge in [-0.1, -0.05) is 218 Å². The lowest BCUT2D eigenvalue weighted by Gasteiger charge is -2.40. The number of para-hydroxylation sites is 3. The molecule has 15 rings (SSSR count). The molecule has 1 aliphatic heterocycles. The standard InChI is InChI=1S/C73H49NOS/c1-3-24-54(25-4-1)74(55-26-5-2-6-27-55)56-28-18-23-52(46-56)62(50-21-17-22-51(45-50)63-47-53-20-7-8-29-58(53)72-70(63)61-32-11-16-39-69(61)76-72)44-48-40-42-49(43-41-48)57-33-19-38-68-71(57)73(66-36-14-15-37-67(66)75-68)64-34-12-9-30-59(64)60-31-10-13-35-65(60)73/h1-43,45-47,62H,44H2. The van der Waals surface area contributed by atoms with Crippen LogP contribution in [0.2, 0.25) is 0 Å². The summed E-state index contributed by atoms with van der Waals surface area (Å²) in [5.41, 5.74) is 18.9. The van der Waals surface area contributed by atoms with E-state index in [2.05, 4.69) is 284 Å². The second-order valence-corrected chi connectivity index (χ2v) is 21.3.